The van der Waals surface area contributed by atoms with E-state index in [0.29, 0.717) is 35.7 Å². The lowest BCUT2D eigenvalue weighted by Crippen LogP contribution is -2.29. The van der Waals surface area contributed by atoms with Gasteiger partial charge in [-0.3, -0.25) is 0 Å². The van der Waals surface area contributed by atoms with E-state index in [1.165, 1.54) is 44.1 Å². The summed E-state index contributed by atoms with van der Waals surface area (Å²) in [5.41, 5.74) is 5.23. The fourth-order valence-electron chi connectivity index (χ4n) is 6.08. The fourth-order valence-corrected chi connectivity index (χ4v) is 6.08. The second-order valence-electron chi connectivity index (χ2n) is 10.0. The predicted molar refractivity (Wildman–Crippen MR) is 112 cm³/mol. The van der Waals surface area contributed by atoms with Crippen molar-refractivity contribution in [3.05, 3.63) is 34.9 Å². The number of aliphatic hydroxyl groups is 1. The van der Waals surface area contributed by atoms with Crippen LogP contribution in [-0.4, -0.2) is 11.7 Å². The molecule has 0 aliphatic heterocycles. The van der Waals surface area contributed by atoms with Gasteiger partial charge in [-0.15, -0.1) is 0 Å². The van der Waals surface area contributed by atoms with Crippen molar-refractivity contribution in [3.8, 4) is 0 Å². The van der Waals surface area contributed by atoms with Crippen LogP contribution >= 0.6 is 0 Å². The number of allylic oxidation sites excluding steroid dienone is 6. The molecule has 0 amide bonds. The van der Waals surface area contributed by atoms with Gasteiger partial charge >= 0.3 is 0 Å². The summed E-state index contributed by atoms with van der Waals surface area (Å²) < 4.78 is 0. The zero-order valence-corrected chi connectivity index (χ0v) is 17.7. The van der Waals surface area contributed by atoms with E-state index in [1.807, 2.05) is 0 Å². The number of aliphatic hydroxyl groups excluding tert-OH is 1. The van der Waals surface area contributed by atoms with Gasteiger partial charge in [0.25, 0.3) is 0 Å². The van der Waals surface area contributed by atoms with Crippen LogP contribution in [0.1, 0.15) is 79.6 Å². The number of rotatable bonds is 2. The maximum Gasteiger partial charge on any atom is 0.0459 e. The van der Waals surface area contributed by atoms with Crippen LogP contribution in [0.3, 0.4) is 0 Å². The van der Waals surface area contributed by atoms with E-state index in [0.717, 1.165) is 12.3 Å². The fraction of sp³-hybridized carbons (Fsp3) is 0.760. The van der Waals surface area contributed by atoms with Gasteiger partial charge in [-0.2, -0.15) is 0 Å². The van der Waals surface area contributed by atoms with Gasteiger partial charge in [-0.05, 0) is 87.9 Å². The first kappa shape index (κ1) is 19.9. The van der Waals surface area contributed by atoms with Gasteiger partial charge in [0.1, 0.15) is 0 Å². The third-order valence-corrected chi connectivity index (χ3v) is 8.16. The molecule has 0 aromatic rings. The molecule has 0 aromatic carbocycles. The molecule has 0 spiro atoms. The van der Waals surface area contributed by atoms with Crippen molar-refractivity contribution in [2.24, 2.45) is 35.0 Å². The normalized spacial score (nSPS) is 43.7. The zero-order valence-electron chi connectivity index (χ0n) is 17.7. The quantitative estimate of drug-likeness (QED) is 0.546. The second kappa shape index (κ2) is 8.05. The largest absolute Gasteiger partial charge is 0.396 e. The summed E-state index contributed by atoms with van der Waals surface area (Å²) in [6.45, 7) is 12.2. The van der Waals surface area contributed by atoms with Gasteiger partial charge in [0.2, 0.25) is 0 Å². The summed E-state index contributed by atoms with van der Waals surface area (Å²) in [5, 5.41) is 9.79. The standard InChI is InChI=1S/C25H40O/c1-17-6-9-21-18(2)7-10-22(21)19(3)8-11-24-23(20(4)16-26)13-15-25(24,5)14-12-17/h8-9,12,18,20,22-24,26H,6-7,10-11,13-16H2,1-5H3/b17-12+,19-8-,21-9?/t18-,20+,22-,23-,24+,25+/m0/s1. The number of hydrogen-bond acceptors (Lipinski definition) is 1. The van der Waals surface area contributed by atoms with Gasteiger partial charge in [-0.25, -0.2) is 0 Å². The maximum atomic E-state index is 9.79. The van der Waals surface area contributed by atoms with Crippen molar-refractivity contribution in [3.63, 3.8) is 0 Å². The summed E-state index contributed by atoms with van der Waals surface area (Å²) in [6, 6.07) is 0. The highest BCUT2D eigenvalue weighted by molar-refractivity contribution is 5.27. The Morgan fingerprint density at radius 2 is 1.92 bits per heavy atom. The van der Waals surface area contributed by atoms with Crippen molar-refractivity contribution in [2.45, 2.75) is 79.6 Å². The van der Waals surface area contributed by atoms with Gasteiger partial charge in [0.05, 0.1) is 0 Å². The maximum absolute atomic E-state index is 9.79. The van der Waals surface area contributed by atoms with Crippen molar-refractivity contribution in [2.75, 3.05) is 6.61 Å². The van der Waals surface area contributed by atoms with E-state index in [2.05, 4.69) is 52.8 Å². The van der Waals surface area contributed by atoms with Crippen LogP contribution in [0.4, 0.5) is 0 Å². The molecule has 1 nitrogen and oxygen atoms in total. The van der Waals surface area contributed by atoms with Crippen molar-refractivity contribution in [1.82, 2.24) is 0 Å². The van der Waals surface area contributed by atoms with E-state index < -0.39 is 0 Å². The van der Waals surface area contributed by atoms with E-state index in [-0.39, 0.29) is 0 Å². The smallest absolute Gasteiger partial charge is 0.0459 e. The van der Waals surface area contributed by atoms with Gasteiger partial charge < -0.3 is 5.11 Å². The Kier molecular flexibility index (Phi) is 6.17. The van der Waals surface area contributed by atoms with Crippen LogP contribution in [0.15, 0.2) is 34.9 Å². The molecule has 0 aromatic heterocycles. The van der Waals surface area contributed by atoms with Crippen molar-refractivity contribution >= 4 is 0 Å². The summed E-state index contributed by atoms with van der Waals surface area (Å²) in [4.78, 5) is 0. The lowest BCUT2D eigenvalue weighted by Gasteiger charge is -2.35. The Hall–Kier alpha value is -0.820. The first-order valence-corrected chi connectivity index (χ1v) is 11.0. The number of fused-ring (bicyclic) bond motifs is 2. The molecule has 1 heteroatoms. The Balaban J connectivity index is 1.94. The molecular formula is C25H40O. The lowest BCUT2D eigenvalue weighted by molar-refractivity contribution is 0.122. The second-order valence-corrected chi connectivity index (χ2v) is 10.0. The first-order valence-electron chi connectivity index (χ1n) is 11.0. The minimum atomic E-state index is 0.335. The predicted octanol–water partition coefficient (Wildman–Crippen LogP) is 6.70. The summed E-state index contributed by atoms with van der Waals surface area (Å²) in [5.74, 6) is 3.23. The lowest BCUT2D eigenvalue weighted by atomic mass is 9.69. The Bertz CT molecular complexity index is 595. The Morgan fingerprint density at radius 3 is 2.65 bits per heavy atom. The molecule has 0 saturated heterocycles. The summed E-state index contributed by atoms with van der Waals surface area (Å²) in [7, 11) is 0. The molecule has 0 unspecified atom stereocenters. The molecule has 3 aliphatic rings. The average molecular weight is 357 g/mol. The van der Waals surface area contributed by atoms with Crippen LogP contribution < -0.4 is 0 Å². The van der Waals surface area contributed by atoms with Gasteiger partial charge in [-0.1, -0.05) is 55.7 Å². The summed E-state index contributed by atoms with van der Waals surface area (Å²) in [6.07, 6.45) is 16.5. The molecule has 2 fully saturated rings. The SMILES string of the molecule is C/C1=C/C[C@@H]2[C@H]([C@H](C)CO)CC[C@@]2(C)C/C=C(\C)CC=C2[C@H]1CC[C@@H]2C. The molecule has 3 aliphatic carbocycles. The van der Waals surface area contributed by atoms with Crippen LogP contribution in [0.5, 0.6) is 0 Å². The average Bonchev–Trinajstić information content (AvgIpc) is 3.15. The van der Waals surface area contributed by atoms with E-state index in [1.54, 1.807) is 11.1 Å². The van der Waals surface area contributed by atoms with E-state index >= 15 is 0 Å². The zero-order chi connectivity index (χ0) is 18.9. The number of hydrogen-bond donors (Lipinski definition) is 1. The molecule has 26 heavy (non-hydrogen) atoms. The van der Waals surface area contributed by atoms with E-state index in [9.17, 15) is 5.11 Å². The van der Waals surface area contributed by atoms with Crippen molar-refractivity contribution in [1.29, 1.82) is 0 Å². The Labute approximate surface area is 161 Å². The molecule has 146 valence electrons. The highest BCUT2D eigenvalue weighted by atomic mass is 16.3. The topological polar surface area (TPSA) is 20.2 Å². The summed E-state index contributed by atoms with van der Waals surface area (Å²) >= 11 is 0. The molecule has 2 saturated carbocycles. The highest BCUT2D eigenvalue weighted by Crippen LogP contribution is 2.54. The minimum absolute atomic E-state index is 0.335. The molecular weight excluding hydrogens is 316 g/mol. The van der Waals surface area contributed by atoms with Crippen LogP contribution in [0, 0.1) is 35.0 Å². The first-order chi connectivity index (χ1) is 12.4. The molecule has 0 heterocycles. The molecule has 6 atom stereocenters. The van der Waals surface area contributed by atoms with Crippen molar-refractivity contribution < 1.29 is 5.11 Å². The molecule has 1 N–H and O–H groups in total. The van der Waals surface area contributed by atoms with Gasteiger partial charge in [0.15, 0.2) is 0 Å². The molecule has 3 rings (SSSR count). The van der Waals surface area contributed by atoms with Crippen LogP contribution in [0.25, 0.3) is 0 Å². The van der Waals surface area contributed by atoms with Crippen LogP contribution in [0.2, 0.25) is 0 Å². The minimum Gasteiger partial charge on any atom is -0.396 e. The van der Waals surface area contributed by atoms with E-state index in [4.69, 9.17) is 0 Å². The van der Waals surface area contributed by atoms with Gasteiger partial charge in [0, 0.05) is 12.5 Å². The molecule has 0 radical (unpaired) electrons. The third kappa shape index (κ3) is 3.88. The van der Waals surface area contributed by atoms with Crippen LogP contribution in [-0.2, 0) is 0 Å². The Morgan fingerprint density at radius 1 is 1.15 bits per heavy atom. The highest BCUT2D eigenvalue weighted by Gasteiger charge is 2.45. The third-order valence-electron chi connectivity index (χ3n) is 8.16. The monoisotopic (exact) mass is 356 g/mol. The molecule has 0 bridgehead atoms.